The van der Waals surface area contributed by atoms with Crippen LogP contribution in [-0.4, -0.2) is 29.6 Å². The molecule has 1 unspecified atom stereocenters. The third-order valence-electron chi connectivity index (χ3n) is 3.85. The minimum absolute atomic E-state index is 0.140. The molecule has 0 radical (unpaired) electrons. The van der Waals surface area contributed by atoms with E-state index in [0.717, 1.165) is 36.0 Å². The van der Waals surface area contributed by atoms with Gasteiger partial charge in [-0.15, -0.1) is 0 Å². The Morgan fingerprint density at radius 2 is 2.14 bits per heavy atom. The Morgan fingerprint density at radius 3 is 2.81 bits per heavy atom. The smallest absolute Gasteiger partial charge is 0.303 e. The number of carbonyl (C=O) groups is 2. The first-order valence-electron chi connectivity index (χ1n) is 7.07. The van der Waals surface area contributed by atoms with Gasteiger partial charge in [0.15, 0.2) is 0 Å². The highest BCUT2D eigenvalue weighted by atomic mass is 79.9. The number of rotatable bonds is 5. The fourth-order valence-electron chi connectivity index (χ4n) is 2.86. The summed E-state index contributed by atoms with van der Waals surface area (Å²) in [4.78, 5) is 24.6. The Labute approximate surface area is 132 Å². The molecule has 1 aliphatic heterocycles. The molecule has 0 spiro atoms. The number of carboxylic acid groups (broad SMARTS) is 1. The number of halogens is 1. The van der Waals surface area contributed by atoms with Crippen molar-refractivity contribution in [3.8, 4) is 0 Å². The topological polar surface area (TPSA) is 83.6 Å². The zero-order valence-electron chi connectivity index (χ0n) is 11.7. The van der Waals surface area contributed by atoms with Crippen LogP contribution in [0.3, 0.4) is 0 Å². The lowest BCUT2D eigenvalue weighted by Gasteiger charge is -2.38. The van der Waals surface area contributed by atoms with Crippen molar-refractivity contribution in [2.24, 2.45) is 5.73 Å². The molecule has 0 aromatic heterocycles. The van der Waals surface area contributed by atoms with E-state index in [-0.39, 0.29) is 12.5 Å². The molecule has 21 heavy (non-hydrogen) atoms. The van der Waals surface area contributed by atoms with Gasteiger partial charge in [-0.25, -0.2) is 0 Å². The Kier molecular flexibility index (Phi) is 5.22. The van der Waals surface area contributed by atoms with E-state index in [0.29, 0.717) is 12.0 Å². The molecule has 1 heterocycles. The number of benzene rings is 1. The molecular formula is C15H19BrN2O3. The number of nitrogens with zero attached hydrogens (tertiary/aromatic N) is 1. The van der Waals surface area contributed by atoms with Gasteiger partial charge in [-0.1, -0.05) is 15.9 Å². The van der Waals surface area contributed by atoms with Crippen LogP contribution in [0.25, 0.3) is 0 Å². The first kappa shape index (κ1) is 15.8. The number of anilines is 1. The summed E-state index contributed by atoms with van der Waals surface area (Å²) < 4.78 is 0.880. The van der Waals surface area contributed by atoms with Crippen molar-refractivity contribution in [3.05, 3.63) is 28.2 Å². The fraction of sp³-hybridized carbons (Fsp3) is 0.467. The maximum atomic E-state index is 11.6. The second-order valence-electron chi connectivity index (χ2n) is 5.30. The van der Waals surface area contributed by atoms with Crippen LogP contribution < -0.4 is 10.6 Å². The minimum atomic E-state index is -0.787. The third-order valence-corrected chi connectivity index (χ3v) is 4.35. The lowest BCUT2D eigenvalue weighted by Crippen LogP contribution is -2.41. The molecule has 1 saturated heterocycles. The summed E-state index contributed by atoms with van der Waals surface area (Å²) in [6.07, 6.45) is 3.79. The number of nitrogens with two attached hydrogens (primary N) is 1. The molecule has 1 atom stereocenters. The maximum Gasteiger partial charge on any atom is 0.303 e. The number of primary amides is 1. The van der Waals surface area contributed by atoms with Crippen molar-refractivity contribution in [2.45, 2.75) is 38.1 Å². The summed E-state index contributed by atoms with van der Waals surface area (Å²) in [5.74, 6) is -1.25. The molecule has 0 aliphatic carbocycles. The summed E-state index contributed by atoms with van der Waals surface area (Å²) in [7, 11) is 0. The van der Waals surface area contributed by atoms with Gasteiger partial charge in [0.2, 0.25) is 0 Å². The lowest BCUT2D eigenvalue weighted by atomic mass is 9.96. The molecule has 1 aromatic carbocycles. The summed E-state index contributed by atoms with van der Waals surface area (Å²) >= 11 is 3.42. The second-order valence-corrected chi connectivity index (χ2v) is 6.22. The molecule has 2 rings (SSSR count). The molecule has 6 heteroatoms. The van der Waals surface area contributed by atoms with Gasteiger partial charge in [-0.2, -0.15) is 0 Å². The number of carbonyl (C=O) groups excluding carboxylic acids is 1. The van der Waals surface area contributed by atoms with E-state index in [1.165, 1.54) is 0 Å². The summed E-state index contributed by atoms with van der Waals surface area (Å²) in [5.41, 5.74) is 6.75. The van der Waals surface area contributed by atoms with Crippen LogP contribution in [0.5, 0.6) is 0 Å². The SMILES string of the molecule is NC(=O)c1ccc(Br)cc1N1CCCCC1CCC(=O)O. The molecule has 5 nitrogen and oxygen atoms in total. The molecule has 3 N–H and O–H groups in total. The van der Waals surface area contributed by atoms with Gasteiger partial charge in [-0.3, -0.25) is 9.59 Å². The van der Waals surface area contributed by atoms with Crippen molar-refractivity contribution in [2.75, 3.05) is 11.4 Å². The van der Waals surface area contributed by atoms with E-state index in [2.05, 4.69) is 20.8 Å². The van der Waals surface area contributed by atoms with Crippen molar-refractivity contribution >= 4 is 33.5 Å². The van der Waals surface area contributed by atoms with Crippen molar-refractivity contribution in [1.29, 1.82) is 0 Å². The third kappa shape index (κ3) is 3.97. The normalized spacial score (nSPS) is 18.5. The van der Waals surface area contributed by atoms with Gasteiger partial charge in [0.05, 0.1) is 11.3 Å². The molecule has 1 amide bonds. The maximum absolute atomic E-state index is 11.6. The van der Waals surface area contributed by atoms with Gasteiger partial charge in [-0.05, 0) is 43.9 Å². The Balaban J connectivity index is 2.30. The van der Waals surface area contributed by atoms with Crippen LogP contribution in [0.1, 0.15) is 42.5 Å². The summed E-state index contributed by atoms with van der Waals surface area (Å²) in [6.45, 7) is 0.820. The second kappa shape index (κ2) is 6.93. The molecular weight excluding hydrogens is 336 g/mol. The average molecular weight is 355 g/mol. The summed E-state index contributed by atoms with van der Waals surface area (Å²) in [6, 6.07) is 5.53. The zero-order chi connectivity index (χ0) is 15.4. The van der Waals surface area contributed by atoms with Gasteiger partial charge in [0.25, 0.3) is 5.91 Å². The molecule has 1 fully saturated rings. The molecule has 0 saturated carbocycles. The van der Waals surface area contributed by atoms with E-state index in [1.54, 1.807) is 12.1 Å². The predicted octanol–water partition coefficient (Wildman–Crippen LogP) is 2.77. The fourth-order valence-corrected chi connectivity index (χ4v) is 3.21. The van der Waals surface area contributed by atoms with Crippen molar-refractivity contribution < 1.29 is 14.7 Å². The van der Waals surface area contributed by atoms with Crippen LogP contribution >= 0.6 is 15.9 Å². The van der Waals surface area contributed by atoms with Crippen LogP contribution in [0.15, 0.2) is 22.7 Å². The summed E-state index contributed by atoms with van der Waals surface area (Å²) in [5, 5.41) is 8.89. The van der Waals surface area contributed by atoms with Gasteiger partial charge >= 0.3 is 5.97 Å². The van der Waals surface area contributed by atoms with Gasteiger partial charge in [0, 0.05) is 23.5 Å². The molecule has 0 bridgehead atoms. The molecule has 1 aromatic rings. The van der Waals surface area contributed by atoms with E-state index < -0.39 is 11.9 Å². The first-order valence-corrected chi connectivity index (χ1v) is 7.86. The quantitative estimate of drug-likeness (QED) is 0.851. The van der Waals surface area contributed by atoms with Crippen molar-refractivity contribution in [3.63, 3.8) is 0 Å². The number of carboxylic acids is 1. The van der Waals surface area contributed by atoms with Crippen LogP contribution in [-0.2, 0) is 4.79 Å². The van der Waals surface area contributed by atoms with E-state index in [1.807, 2.05) is 6.07 Å². The zero-order valence-corrected chi connectivity index (χ0v) is 13.3. The van der Waals surface area contributed by atoms with Crippen molar-refractivity contribution in [1.82, 2.24) is 0 Å². The largest absolute Gasteiger partial charge is 0.481 e. The first-order chi connectivity index (χ1) is 9.99. The van der Waals surface area contributed by atoms with E-state index >= 15 is 0 Å². The average Bonchev–Trinajstić information content (AvgIpc) is 2.45. The van der Waals surface area contributed by atoms with Crippen LogP contribution in [0.4, 0.5) is 5.69 Å². The number of amides is 1. The lowest BCUT2D eigenvalue weighted by molar-refractivity contribution is -0.137. The monoisotopic (exact) mass is 354 g/mol. The number of piperidine rings is 1. The van der Waals surface area contributed by atoms with Gasteiger partial charge < -0.3 is 15.7 Å². The molecule has 114 valence electrons. The van der Waals surface area contributed by atoms with Crippen LogP contribution in [0.2, 0.25) is 0 Å². The minimum Gasteiger partial charge on any atom is -0.481 e. The Bertz CT molecular complexity index is 548. The standard InChI is InChI=1S/C15H19BrN2O3/c16-10-4-6-12(15(17)21)13(9-10)18-8-2-1-3-11(18)5-7-14(19)20/h4,6,9,11H,1-3,5,7-8H2,(H2,17,21)(H,19,20). The number of aliphatic carboxylic acids is 1. The van der Waals surface area contributed by atoms with E-state index in [4.69, 9.17) is 10.8 Å². The highest BCUT2D eigenvalue weighted by molar-refractivity contribution is 9.10. The van der Waals surface area contributed by atoms with Crippen LogP contribution in [0, 0.1) is 0 Å². The van der Waals surface area contributed by atoms with Gasteiger partial charge in [0.1, 0.15) is 0 Å². The highest BCUT2D eigenvalue weighted by Gasteiger charge is 2.26. The Hall–Kier alpha value is -1.56. The molecule has 1 aliphatic rings. The van der Waals surface area contributed by atoms with E-state index in [9.17, 15) is 9.59 Å². The number of hydrogen-bond acceptors (Lipinski definition) is 3. The Morgan fingerprint density at radius 1 is 1.38 bits per heavy atom. The predicted molar refractivity (Wildman–Crippen MR) is 84.5 cm³/mol. The highest BCUT2D eigenvalue weighted by Crippen LogP contribution is 2.32. The number of hydrogen-bond donors (Lipinski definition) is 2.